The van der Waals surface area contributed by atoms with Crippen LogP contribution in [0, 0.1) is 0 Å². The summed E-state index contributed by atoms with van der Waals surface area (Å²) in [6.45, 7) is -0.193. The van der Waals surface area contributed by atoms with Crippen LogP contribution in [0.1, 0.15) is 21.5 Å². The third-order valence-corrected chi connectivity index (χ3v) is 5.93. The van der Waals surface area contributed by atoms with Crippen molar-refractivity contribution in [3.8, 4) is 17.1 Å². The molecule has 0 fully saturated rings. The Labute approximate surface area is 213 Å². The molecule has 7 nitrogen and oxygen atoms in total. The van der Waals surface area contributed by atoms with E-state index in [2.05, 4.69) is 20.4 Å². The van der Waals surface area contributed by atoms with Gasteiger partial charge in [-0.3, -0.25) is 4.79 Å². The van der Waals surface area contributed by atoms with Gasteiger partial charge < -0.3 is 10.4 Å². The lowest BCUT2D eigenvalue weighted by Gasteiger charge is -2.15. The minimum atomic E-state index is -4.75. The highest BCUT2D eigenvalue weighted by molar-refractivity contribution is 6.34. The number of aliphatic hydroxyl groups is 1. The number of amides is 1. The van der Waals surface area contributed by atoms with Crippen LogP contribution in [0.25, 0.3) is 28.0 Å². The lowest BCUT2D eigenvalue weighted by Crippen LogP contribution is -2.17. The van der Waals surface area contributed by atoms with Crippen LogP contribution in [0.4, 0.5) is 19.0 Å². The summed E-state index contributed by atoms with van der Waals surface area (Å²) < 4.78 is 42.9. The van der Waals surface area contributed by atoms with Gasteiger partial charge in [0.25, 0.3) is 5.91 Å². The lowest BCUT2D eigenvalue weighted by molar-refractivity contribution is -0.137. The number of nitrogens with zero attached hydrogens (tertiary/aromatic N) is 4. The number of benzene rings is 3. The Morgan fingerprint density at radius 1 is 1.00 bits per heavy atom. The Bertz CT molecular complexity index is 1610. The molecule has 5 aromatic rings. The highest BCUT2D eigenvalue weighted by atomic mass is 35.5. The fourth-order valence-electron chi connectivity index (χ4n) is 3.89. The number of carbonyl (C=O) groups is 1. The fourth-order valence-corrected chi connectivity index (χ4v) is 4.14. The lowest BCUT2D eigenvalue weighted by atomic mass is 10.0. The van der Waals surface area contributed by atoms with Crippen LogP contribution in [0.3, 0.4) is 0 Å². The molecular weight excluding hydrogens is 507 g/mol. The molecule has 3 aromatic carbocycles. The minimum Gasteiger partial charge on any atom is -0.392 e. The van der Waals surface area contributed by atoms with E-state index in [-0.39, 0.29) is 34.4 Å². The van der Waals surface area contributed by atoms with Gasteiger partial charge in [-0.05, 0) is 48.0 Å². The molecule has 2 aromatic heterocycles. The van der Waals surface area contributed by atoms with Crippen molar-refractivity contribution in [1.82, 2.24) is 19.7 Å². The van der Waals surface area contributed by atoms with E-state index >= 15 is 0 Å². The Morgan fingerprint density at radius 2 is 1.73 bits per heavy atom. The second kappa shape index (κ2) is 9.64. The summed E-state index contributed by atoms with van der Waals surface area (Å²) in [5.74, 6) is -0.665. The monoisotopic (exact) mass is 523 g/mol. The Balaban J connectivity index is 1.63. The van der Waals surface area contributed by atoms with Crippen molar-refractivity contribution in [3.05, 3.63) is 101 Å². The molecule has 2 N–H and O–H groups in total. The van der Waals surface area contributed by atoms with Crippen LogP contribution in [0.15, 0.2) is 79.1 Å². The first kappa shape index (κ1) is 24.4. The van der Waals surface area contributed by atoms with Crippen LogP contribution in [-0.2, 0) is 12.8 Å². The highest BCUT2D eigenvalue weighted by Gasteiger charge is 2.36. The molecule has 11 heteroatoms. The average Bonchev–Trinajstić information content (AvgIpc) is 3.26. The second-order valence-corrected chi connectivity index (χ2v) is 8.41. The molecule has 0 bridgehead atoms. The molecule has 0 spiro atoms. The maximum Gasteiger partial charge on any atom is 0.417 e. The molecule has 0 aliphatic rings. The van der Waals surface area contributed by atoms with E-state index < -0.39 is 17.6 Å². The third-order valence-electron chi connectivity index (χ3n) is 5.62. The summed E-state index contributed by atoms with van der Waals surface area (Å²) in [4.78, 5) is 21.3. The van der Waals surface area contributed by atoms with Crippen molar-refractivity contribution in [1.29, 1.82) is 0 Å². The largest absolute Gasteiger partial charge is 0.417 e. The van der Waals surface area contributed by atoms with Gasteiger partial charge in [-0.25, -0.2) is 14.6 Å². The highest BCUT2D eigenvalue weighted by Crippen LogP contribution is 2.39. The number of alkyl halides is 3. The van der Waals surface area contributed by atoms with Gasteiger partial charge in [-0.1, -0.05) is 35.9 Å². The third kappa shape index (κ3) is 4.76. The molecule has 186 valence electrons. The van der Waals surface area contributed by atoms with Crippen molar-refractivity contribution in [2.24, 2.45) is 0 Å². The minimum absolute atomic E-state index is 0.193. The van der Waals surface area contributed by atoms with Crippen molar-refractivity contribution in [2.45, 2.75) is 12.8 Å². The summed E-state index contributed by atoms with van der Waals surface area (Å²) in [7, 11) is 0. The molecule has 0 atom stereocenters. The quantitative estimate of drug-likeness (QED) is 0.299. The van der Waals surface area contributed by atoms with Crippen LogP contribution < -0.4 is 5.32 Å². The van der Waals surface area contributed by atoms with E-state index in [9.17, 15) is 23.1 Å². The van der Waals surface area contributed by atoms with E-state index in [1.165, 1.54) is 23.1 Å². The van der Waals surface area contributed by atoms with Crippen molar-refractivity contribution in [2.75, 3.05) is 5.32 Å². The number of para-hydroxylation sites is 1. The predicted octanol–water partition coefficient (Wildman–Crippen LogP) is 5.90. The fraction of sp³-hybridized carbons (Fsp3) is 0.0769. The standard InChI is InChI=1S/C26H17ClF3N5O2/c27-21-13-20(26(28,29)30)18(23-31-9-4-10-32-23)12-19(21)25(37)33-24-17-8-7-15(14-36)11-22(17)34-35(24)16-5-2-1-3-6-16/h1-13,36H,14H2,(H,33,37). The second-order valence-electron chi connectivity index (χ2n) is 8.01. The molecular formula is C26H17ClF3N5O2. The molecule has 2 heterocycles. The number of halogens is 4. The summed E-state index contributed by atoms with van der Waals surface area (Å²) in [5.41, 5.74) is 0.131. The molecule has 0 aliphatic heterocycles. The van der Waals surface area contributed by atoms with Crippen LogP contribution in [0.5, 0.6) is 0 Å². The van der Waals surface area contributed by atoms with Gasteiger partial charge in [0.15, 0.2) is 5.82 Å². The first-order valence-electron chi connectivity index (χ1n) is 10.9. The SMILES string of the molecule is O=C(Nc1c2ccc(CO)cc2nn1-c1ccccc1)c1cc(-c2ncccn2)c(C(F)(F)F)cc1Cl. The number of carbonyl (C=O) groups excluding carboxylic acids is 1. The van der Waals surface area contributed by atoms with Crippen LogP contribution >= 0.6 is 11.6 Å². The average molecular weight is 524 g/mol. The zero-order chi connectivity index (χ0) is 26.2. The van der Waals surface area contributed by atoms with Gasteiger partial charge in [0.2, 0.25) is 0 Å². The molecule has 1 amide bonds. The van der Waals surface area contributed by atoms with Crippen LogP contribution in [-0.4, -0.2) is 30.8 Å². The number of nitrogens with one attached hydrogen (secondary N) is 1. The topological polar surface area (TPSA) is 92.9 Å². The number of aromatic nitrogens is 4. The molecule has 37 heavy (non-hydrogen) atoms. The summed E-state index contributed by atoms with van der Waals surface area (Å²) in [6.07, 6.45) is -2.14. The van der Waals surface area contributed by atoms with E-state index in [4.69, 9.17) is 11.6 Å². The molecule has 0 radical (unpaired) electrons. The van der Waals surface area contributed by atoms with Crippen LogP contribution in [0.2, 0.25) is 5.02 Å². The van der Waals surface area contributed by atoms with Gasteiger partial charge >= 0.3 is 6.18 Å². The molecule has 0 aliphatic carbocycles. The number of rotatable bonds is 5. The van der Waals surface area contributed by atoms with Crippen molar-refractivity contribution in [3.63, 3.8) is 0 Å². The predicted molar refractivity (Wildman–Crippen MR) is 132 cm³/mol. The zero-order valence-electron chi connectivity index (χ0n) is 18.9. The Kier molecular flexibility index (Phi) is 6.36. The molecule has 0 unspecified atom stereocenters. The number of hydrogen-bond donors (Lipinski definition) is 2. The van der Waals surface area contributed by atoms with Gasteiger partial charge in [-0.2, -0.15) is 18.3 Å². The van der Waals surface area contributed by atoms with Gasteiger partial charge in [0.05, 0.1) is 34.0 Å². The van der Waals surface area contributed by atoms with E-state index in [0.29, 0.717) is 28.2 Å². The van der Waals surface area contributed by atoms with Crippen molar-refractivity contribution < 1.29 is 23.1 Å². The van der Waals surface area contributed by atoms with Gasteiger partial charge in [-0.15, -0.1) is 0 Å². The van der Waals surface area contributed by atoms with Crippen molar-refractivity contribution >= 4 is 34.2 Å². The molecule has 0 saturated heterocycles. The first-order chi connectivity index (χ1) is 17.8. The maximum atomic E-state index is 13.8. The first-order valence-corrected chi connectivity index (χ1v) is 11.3. The van der Waals surface area contributed by atoms with E-state index in [0.717, 1.165) is 6.07 Å². The maximum absolute atomic E-state index is 13.8. The number of anilines is 1. The number of hydrogen-bond acceptors (Lipinski definition) is 5. The Morgan fingerprint density at radius 3 is 2.41 bits per heavy atom. The Hall–Kier alpha value is -4.28. The summed E-state index contributed by atoms with van der Waals surface area (Å²) in [6, 6.07) is 17.2. The van der Waals surface area contributed by atoms with Gasteiger partial charge in [0, 0.05) is 23.3 Å². The van der Waals surface area contributed by atoms with E-state index in [1.54, 1.807) is 42.5 Å². The van der Waals surface area contributed by atoms with Gasteiger partial charge in [0.1, 0.15) is 5.82 Å². The number of fused-ring (bicyclic) bond motifs is 1. The molecule has 0 saturated carbocycles. The normalized spacial score (nSPS) is 11.6. The molecule has 5 rings (SSSR count). The zero-order valence-corrected chi connectivity index (χ0v) is 19.6. The summed E-state index contributed by atoms with van der Waals surface area (Å²) in [5, 5.41) is 17.0. The smallest absolute Gasteiger partial charge is 0.392 e. The van der Waals surface area contributed by atoms with E-state index in [1.807, 2.05) is 6.07 Å². The summed E-state index contributed by atoms with van der Waals surface area (Å²) >= 11 is 6.19. The number of aliphatic hydroxyl groups excluding tert-OH is 1.